The summed E-state index contributed by atoms with van der Waals surface area (Å²) in [4.78, 5) is 33.2. The van der Waals surface area contributed by atoms with E-state index in [-0.39, 0.29) is 34.3 Å². The summed E-state index contributed by atoms with van der Waals surface area (Å²) in [7, 11) is 2.17. The van der Waals surface area contributed by atoms with Crippen molar-refractivity contribution in [1.29, 1.82) is 0 Å². The zero-order valence-corrected chi connectivity index (χ0v) is 25.5. The van der Waals surface area contributed by atoms with Crippen LogP contribution in [0.15, 0.2) is 66.9 Å². The Morgan fingerprint density at radius 2 is 1.91 bits per heavy atom. The number of nitrogen functional groups attached to an aromatic ring is 1. The number of nitrogens with zero attached hydrogens (tertiary/aromatic N) is 3. The van der Waals surface area contributed by atoms with Gasteiger partial charge in [-0.05, 0) is 106 Å². The fraction of sp³-hybridized carbons (Fsp3) is 0.219. The van der Waals surface area contributed by atoms with Gasteiger partial charge in [-0.1, -0.05) is 12.1 Å². The van der Waals surface area contributed by atoms with Gasteiger partial charge in [0.1, 0.15) is 17.9 Å². The van der Waals surface area contributed by atoms with E-state index in [2.05, 4.69) is 31.7 Å². The minimum atomic E-state index is -0.478. The third-order valence-corrected chi connectivity index (χ3v) is 7.89. The van der Waals surface area contributed by atoms with Crippen molar-refractivity contribution < 1.29 is 28.2 Å². The first-order chi connectivity index (χ1) is 21.8. The van der Waals surface area contributed by atoms with Crippen LogP contribution in [0.3, 0.4) is 0 Å². The first kappa shape index (κ1) is 31.5. The predicted octanol–water partition coefficient (Wildman–Crippen LogP) is 6.64. The molecule has 0 radical (unpaired) electrons. The molecule has 0 unspecified atom stereocenters. The SMILES string of the molecule is CN1CCCC1.Cc1cc(Oc2ccccc2F)ccc1-n1ncc(C(=O)c2cc3cc(OF)c(NSCC=O)cc3[nH]2)c1N. The molecule has 13 heteroatoms. The van der Waals surface area contributed by atoms with Crippen molar-refractivity contribution in [2.75, 3.05) is 36.3 Å². The number of nitrogens with two attached hydrogens (primary N) is 1. The van der Waals surface area contributed by atoms with Crippen LogP contribution in [-0.4, -0.2) is 57.6 Å². The number of para-hydroxylation sites is 1. The van der Waals surface area contributed by atoms with Crippen molar-refractivity contribution in [3.05, 3.63) is 89.5 Å². The van der Waals surface area contributed by atoms with Gasteiger partial charge < -0.3 is 29.9 Å². The second-order valence-electron chi connectivity index (χ2n) is 10.5. The lowest BCUT2D eigenvalue weighted by molar-refractivity contribution is -0.105. The molecule has 0 amide bonds. The third-order valence-electron chi connectivity index (χ3n) is 7.22. The number of halogens is 2. The van der Waals surface area contributed by atoms with Crippen molar-refractivity contribution in [3.8, 4) is 22.9 Å². The highest BCUT2D eigenvalue weighted by atomic mass is 32.2. The van der Waals surface area contributed by atoms with Crippen LogP contribution in [0.2, 0.25) is 0 Å². The van der Waals surface area contributed by atoms with E-state index < -0.39 is 11.6 Å². The summed E-state index contributed by atoms with van der Waals surface area (Å²) < 4.78 is 37.0. The van der Waals surface area contributed by atoms with Crippen LogP contribution < -0.4 is 20.1 Å². The molecule has 45 heavy (non-hydrogen) atoms. The molecule has 3 heterocycles. The van der Waals surface area contributed by atoms with Crippen LogP contribution in [0.4, 0.5) is 20.4 Å². The number of rotatable bonds is 10. The molecular formula is C32H32F2N6O4S. The minimum Gasteiger partial charge on any atom is -0.454 e. The quantitative estimate of drug-likeness (QED) is 0.0670. The van der Waals surface area contributed by atoms with Crippen LogP contribution in [0.1, 0.15) is 34.5 Å². The Morgan fingerprint density at radius 1 is 1.13 bits per heavy atom. The highest BCUT2D eigenvalue weighted by Crippen LogP contribution is 2.34. The number of aromatic nitrogens is 3. The number of ether oxygens (including phenoxy) is 1. The number of carbonyl (C=O) groups excluding carboxylic acids is 2. The highest BCUT2D eigenvalue weighted by molar-refractivity contribution is 8.01. The van der Waals surface area contributed by atoms with Gasteiger partial charge in [0.15, 0.2) is 17.3 Å². The molecular weight excluding hydrogens is 602 g/mol. The summed E-state index contributed by atoms with van der Waals surface area (Å²) in [6, 6.07) is 15.7. The number of aromatic amines is 1. The molecule has 5 aromatic rings. The van der Waals surface area contributed by atoms with Gasteiger partial charge in [0, 0.05) is 15.4 Å². The zero-order chi connectivity index (χ0) is 31.9. The number of anilines is 2. The molecule has 1 saturated heterocycles. The molecule has 0 saturated carbocycles. The van der Waals surface area contributed by atoms with E-state index in [1.807, 2.05) is 6.92 Å². The molecule has 0 atom stereocenters. The maximum Gasteiger partial charge on any atom is 0.214 e. The Morgan fingerprint density at radius 3 is 2.58 bits per heavy atom. The number of ketones is 1. The lowest BCUT2D eigenvalue weighted by Crippen LogP contribution is -2.10. The van der Waals surface area contributed by atoms with Crippen LogP contribution in [0.25, 0.3) is 16.6 Å². The maximum atomic E-state index is 14.0. The number of benzene rings is 3. The number of fused-ring (bicyclic) bond motifs is 1. The minimum absolute atomic E-state index is 0.0934. The summed E-state index contributed by atoms with van der Waals surface area (Å²) in [5, 5.41) is 4.84. The van der Waals surface area contributed by atoms with Gasteiger partial charge in [-0.2, -0.15) is 5.10 Å². The summed E-state index contributed by atoms with van der Waals surface area (Å²) in [5.41, 5.74) is 8.88. The van der Waals surface area contributed by atoms with Crippen LogP contribution in [-0.2, 0) is 4.79 Å². The van der Waals surface area contributed by atoms with E-state index in [1.54, 1.807) is 42.5 Å². The van der Waals surface area contributed by atoms with E-state index in [4.69, 9.17) is 10.5 Å². The molecule has 1 aliphatic rings. The Balaban J connectivity index is 0.000000598. The molecule has 4 N–H and O–H groups in total. The van der Waals surface area contributed by atoms with Gasteiger partial charge in [-0.3, -0.25) is 9.74 Å². The fourth-order valence-electron chi connectivity index (χ4n) is 4.91. The van der Waals surface area contributed by atoms with E-state index in [9.17, 15) is 18.5 Å². The van der Waals surface area contributed by atoms with Gasteiger partial charge in [-0.25, -0.2) is 9.07 Å². The first-order valence-electron chi connectivity index (χ1n) is 14.2. The average Bonchev–Trinajstić information content (AvgIpc) is 3.78. The van der Waals surface area contributed by atoms with Gasteiger partial charge in [-0.15, -0.1) is 0 Å². The largest absolute Gasteiger partial charge is 0.454 e. The van der Waals surface area contributed by atoms with E-state index in [0.717, 1.165) is 17.5 Å². The van der Waals surface area contributed by atoms with Crippen LogP contribution in [0.5, 0.6) is 17.2 Å². The Bertz CT molecular complexity index is 1820. The van der Waals surface area contributed by atoms with Crippen molar-refractivity contribution >= 4 is 46.4 Å². The van der Waals surface area contributed by atoms with Crippen molar-refractivity contribution in [2.24, 2.45) is 0 Å². The maximum absolute atomic E-state index is 14.0. The van der Waals surface area contributed by atoms with E-state index in [1.165, 1.54) is 55.0 Å². The second kappa shape index (κ2) is 14.3. The van der Waals surface area contributed by atoms with Crippen LogP contribution >= 0.6 is 11.9 Å². The lowest BCUT2D eigenvalue weighted by Gasteiger charge is -2.12. The van der Waals surface area contributed by atoms with E-state index in [0.29, 0.717) is 34.3 Å². The number of H-pyrrole nitrogens is 1. The first-order valence-corrected chi connectivity index (χ1v) is 15.1. The fourth-order valence-corrected chi connectivity index (χ4v) is 5.37. The van der Waals surface area contributed by atoms with Crippen molar-refractivity contribution in [3.63, 3.8) is 0 Å². The summed E-state index contributed by atoms with van der Waals surface area (Å²) >= 11 is 1.06. The Labute approximate surface area is 262 Å². The molecule has 6 rings (SSSR count). The van der Waals surface area contributed by atoms with Gasteiger partial charge >= 0.3 is 0 Å². The monoisotopic (exact) mass is 634 g/mol. The third kappa shape index (κ3) is 7.27. The average molecular weight is 635 g/mol. The van der Waals surface area contributed by atoms with Gasteiger partial charge in [0.05, 0.1) is 34.6 Å². The molecule has 1 aliphatic heterocycles. The standard InChI is InChI=1S/C27H21F2N5O4S.C5H11N/c1-15-10-17(37-24-5-3-2-4-19(24)28)6-7-23(15)34-27(30)18(14-31-34)26(36)22-11-16-12-25(38-29)21(13-20(16)32-22)33-39-9-8-35;1-6-4-2-3-5-6/h2-8,10-14,32-33H,9,30H2,1H3;2-5H2,1H3. The van der Waals surface area contributed by atoms with Crippen molar-refractivity contribution in [1.82, 2.24) is 19.7 Å². The van der Waals surface area contributed by atoms with E-state index >= 15 is 0 Å². The summed E-state index contributed by atoms with van der Waals surface area (Å²) in [6.07, 6.45) is 4.90. The molecule has 0 spiro atoms. The zero-order valence-electron chi connectivity index (χ0n) is 24.7. The van der Waals surface area contributed by atoms with Crippen LogP contribution in [0, 0.1) is 12.7 Å². The highest BCUT2D eigenvalue weighted by Gasteiger charge is 2.21. The number of aryl methyl sites for hydroxylation is 1. The lowest BCUT2D eigenvalue weighted by atomic mass is 10.1. The smallest absolute Gasteiger partial charge is 0.214 e. The molecule has 2 aromatic heterocycles. The van der Waals surface area contributed by atoms with Crippen molar-refractivity contribution in [2.45, 2.75) is 19.8 Å². The van der Waals surface area contributed by atoms with Gasteiger partial charge in [0.2, 0.25) is 5.78 Å². The topological polar surface area (TPSA) is 127 Å². The number of nitrogens with one attached hydrogen (secondary N) is 2. The second-order valence-corrected chi connectivity index (χ2v) is 11.3. The Hall–Kier alpha value is -4.88. The number of carbonyl (C=O) groups is 2. The Kier molecular flexibility index (Phi) is 10.0. The number of likely N-dealkylation sites (tertiary alicyclic amines) is 1. The number of hydrogen-bond acceptors (Lipinski definition) is 9. The molecule has 1 fully saturated rings. The molecule has 0 bridgehead atoms. The van der Waals surface area contributed by atoms with Gasteiger partial charge in [0.25, 0.3) is 0 Å². The number of aldehydes is 1. The summed E-state index contributed by atoms with van der Waals surface area (Å²) in [5.74, 6) is -0.191. The molecule has 0 aliphatic carbocycles. The molecule has 10 nitrogen and oxygen atoms in total. The summed E-state index contributed by atoms with van der Waals surface area (Å²) in [6.45, 7) is 4.45. The normalized spacial score (nSPS) is 12.9. The molecule has 3 aromatic carbocycles. The predicted molar refractivity (Wildman–Crippen MR) is 172 cm³/mol. The molecule has 234 valence electrons. The number of hydrogen-bond donors (Lipinski definition) is 3.